The second-order valence-electron chi connectivity index (χ2n) is 6.08. The van der Waals surface area contributed by atoms with Gasteiger partial charge < -0.3 is 5.32 Å². The maximum atomic E-state index is 12.3. The second kappa shape index (κ2) is 5.28. The van der Waals surface area contributed by atoms with Crippen molar-refractivity contribution in [2.75, 3.05) is 0 Å². The summed E-state index contributed by atoms with van der Waals surface area (Å²) in [6, 6.07) is 7.90. The lowest BCUT2D eigenvalue weighted by Gasteiger charge is -2.28. The maximum Gasteiger partial charge on any atom is 0.252 e. The molecule has 1 aromatic carbocycles. The van der Waals surface area contributed by atoms with Crippen molar-refractivity contribution in [3.05, 3.63) is 34.3 Å². The molecule has 1 aromatic rings. The molecule has 0 saturated heterocycles. The normalized spacial score (nSPS) is 30.3. The lowest BCUT2D eigenvalue weighted by molar-refractivity contribution is 0.0914. The molecule has 2 saturated carbocycles. The number of carbonyl (C=O) groups excluding carboxylic acids is 1. The lowest BCUT2D eigenvalue weighted by atomic mass is 9.84. The Bertz CT molecular complexity index is 487. The standard InChI is InChI=1S/C16H20BrNO/c1-10(14-9-11-6-7-12(14)8-11)18-16(19)13-4-2-3-5-15(13)17/h2-5,10-12,14H,6-9H2,1H3,(H,18,19)/t10-,11-,12-,14-/m1/s1. The summed E-state index contributed by atoms with van der Waals surface area (Å²) in [6.45, 7) is 2.17. The van der Waals surface area contributed by atoms with Crippen molar-refractivity contribution in [3.8, 4) is 0 Å². The van der Waals surface area contributed by atoms with Crippen LogP contribution in [0.3, 0.4) is 0 Å². The molecule has 3 heteroatoms. The third-order valence-corrected chi connectivity index (χ3v) is 5.60. The number of nitrogens with one attached hydrogen (secondary N) is 1. The number of rotatable bonds is 3. The maximum absolute atomic E-state index is 12.3. The molecule has 0 radical (unpaired) electrons. The minimum Gasteiger partial charge on any atom is -0.349 e. The SMILES string of the molecule is C[C@@H](NC(=O)c1ccccc1Br)[C@H]1C[C@@H]2CC[C@@H]1C2. The van der Waals surface area contributed by atoms with Crippen LogP contribution in [0.2, 0.25) is 0 Å². The topological polar surface area (TPSA) is 29.1 Å². The Balaban J connectivity index is 1.65. The van der Waals surface area contributed by atoms with Crippen LogP contribution in [0.1, 0.15) is 43.0 Å². The summed E-state index contributed by atoms with van der Waals surface area (Å²) in [4.78, 5) is 12.3. The van der Waals surface area contributed by atoms with Gasteiger partial charge in [-0.3, -0.25) is 4.79 Å². The molecule has 0 heterocycles. The quantitative estimate of drug-likeness (QED) is 0.895. The van der Waals surface area contributed by atoms with Gasteiger partial charge in [0.05, 0.1) is 5.56 Å². The van der Waals surface area contributed by atoms with E-state index in [1.165, 1.54) is 25.7 Å². The number of amides is 1. The third kappa shape index (κ3) is 2.58. The highest BCUT2D eigenvalue weighted by atomic mass is 79.9. The lowest BCUT2D eigenvalue weighted by Crippen LogP contribution is -2.40. The molecule has 0 unspecified atom stereocenters. The molecule has 2 nitrogen and oxygen atoms in total. The summed E-state index contributed by atoms with van der Waals surface area (Å²) in [7, 11) is 0. The molecule has 2 fully saturated rings. The van der Waals surface area contributed by atoms with Crippen LogP contribution in [0, 0.1) is 17.8 Å². The van der Waals surface area contributed by atoms with Gasteiger partial charge in [-0.05, 0) is 72.0 Å². The van der Waals surface area contributed by atoms with Crippen molar-refractivity contribution in [2.24, 2.45) is 17.8 Å². The average Bonchev–Trinajstić information content (AvgIpc) is 3.01. The predicted molar refractivity (Wildman–Crippen MR) is 80.0 cm³/mol. The van der Waals surface area contributed by atoms with Gasteiger partial charge in [0, 0.05) is 10.5 Å². The smallest absolute Gasteiger partial charge is 0.252 e. The predicted octanol–water partition coefficient (Wildman–Crippen LogP) is 4.00. The van der Waals surface area contributed by atoms with Crippen LogP contribution < -0.4 is 5.32 Å². The Morgan fingerprint density at radius 3 is 2.74 bits per heavy atom. The van der Waals surface area contributed by atoms with Crippen molar-refractivity contribution in [1.29, 1.82) is 0 Å². The zero-order chi connectivity index (χ0) is 13.4. The molecule has 102 valence electrons. The van der Waals surface area contributed by atoms with Crippen LogP contribution in [0.25, 0.3) is 0 Å². The highest BCUT2D eigenvalue weighted by molar-refractivity contribution is 9.10. The highest BCUT2D eigenvalue weighted by Crippen LogP contribution is 2.49. The summed E-state index contributed by atoms with van der Waals surface area (Å²) < 4.78 is 0.868. The van der Waals surface area contributed by atoms with Crippen molar-refractivity contribution < 1.29 is 4.79 Å². The summed E-state index contributed by atoms with van der Waals surface area (Å²) in [5, 5.41) is 3.19. The van der Waals surface area contributed by atoms with E-state index in [1.807, 2.05) is 24.3 Å². The molecule has 2 aliphatic rings. The first-order chi connectivity index (χ1) is 9.15. The van der Waals surface area contributed by atoms with Crippen LogP contribution in [0.15, 0.2) is 28.7 Å². The Morgan fingerprint density at radius 1 is 1.32 bits per heavy atom. The van der Waals surface area contributed by atoms with Crippen LogP contribution in [0.5, 0.6) is 0 Å². The van der Waals surface area contributed by atoms with Crippen LogP contribution in [0.4, 0.5) is 0 Å². The van der Waals surface area contributed by atoms with E-state index in [-0.39, 0.29) is 11.9 Å². The van der Waals surface area contributed by atoms with Gasteiger partial charge in [0.2, 0.25) is 0 Å². The Hall–Kier alpha value is -0.830. The first kappa shape index (κ1) is 13.2. The molecule has 0 aromatic heterocycles. The van der Waals surface area contributed by atoms with Gasteiger partial charge in [0.1, 0.15) is 0 Å². The number of benzene rings is 1. The summed E-state index contributed by atoms with van der Waals surface area (Å²) >= 11 is 3.44. The summed E-state index contributed by atoms with van der Waals surface area (Å²) in [5.41, 5.74) is 0.734. The minimum absolute atomic E-state index is 0.0442. The van der Waals surface area contributed by atoms with E-state index >= 15 is 0 Å². The fourth-order valence-electron chi connectivity index (χ4n) is 3.94. The molecule has 1 amide bonds. The molecule has 3 rings (SSSR count). The highest BCUT2D eigenvalue weighted by Gasteiger charge is 2.42. The zero-order valence-electron chi connectivity index (χ0n) is 11.2. The molecule has 0 spiro atoms. The Morgan fingerprint density at radius 2 is 2.11 bits per heavy atom. The van der Waals surface area contributed by atoms with E-state index in [9.17, 15) is 4.79 Å². The van der Waals surface area contributed by atoms with Crippen molar-refractivity contribution >= 4 is 21.8 Å². The van der Waals surface area contributed by atoms with E-state index in [2.05, 4.69) is 28.2 Å². The monoisotopic (exact) mass is 321 g/mol. The van der Waals surface area contributed by atoms with Crippen molar-refractivity contribution in [3.63, 3.8) is 0 Å². The van der Waals surface area contributed by atoms with Gasteiger partial charge in [0.25, 0.3) is 5.91 Å². The molecular formula is C16H20BrNO. The number of hydrogen-bond acceptors (Lipinski definition) is 1. The fourth-order valence-corrected chi connectivity index (χ4v) is 4.41. The molecule has 19 heavy (non-hydrogen) atoms. The van der Waals surface area contributed by atoms with E-state index in [4.69, 9.17) is 0 Å². The average molecular weight is 322 g/mol. The number of fused-ring (bicyclic) bond motifs is 2. The number of carbonyl (C=O) groups is 1. The minimum atomic E-state index is 0.0442. The first-order valence-corrected chi connectivity index (χ1v) is 8.00. The molecule has 1 N–H and O–H groups in total. The summed E-state index contributed by atoms with van der Waals surface area (Å²) in [6.07, 6.45) is 5.47. The van der Waals surface area contributed by atoms with Gasteiger partial charge in [-0.1, -0.05) is 18.6 Å². The van der Waals surface area contributed by atoms with Crippen LogP contribution in [-0.2, 0) is 0 Å². The second-order valence-corrected chi connectivity index (χ2v) is 6.94. The van der Waals surface area contributed by atoms with E-state index in [1.54, 1.807) is 0 Å². The van der Waals surface area contributed by atoms with Crippen molar-refractivity contribution in [2.45, 2.75) is 38.6 Å². The van der Waals surface area contributed by atoms with E-state index in [0.717, 1.165) is 21.9 Å². The number of hydrogen-bond donors (Lipinski definition) is 1. The zero-order valence-corrected chi connectivity index (χ0v) is 12.8. The van der Waals surface area contributed by atoms with E-state index in [0.29, 0.717) is 5.92 Å². The van der Waals surface area contributed by atoms with Gasteiger partial charge in [-0.25, -0.2) is 0 Å². The Kier molecular flexibility index (Phi) is 3.66. The molecule has 4 atom stereocenters. The molecule has 0 aliphatic heterocycles. The Labute approximate surface area is 123 Å². The van der Waals surface area contributed by atoms with E-state index < -0.39 is 0 Å². The van der Waals surface area contributed by atoms with Gasteiger partial charge >= 0.3 is 0 Å². The van der Waals surface area contributed by atoms with Crippen molar-refractivity contribution in [1.82, 2.24) is 5.32 Å². The van der Waals surface area contributed by atoms with Gasteiger partial charge in [-0.2, -0.15) is 0 Å². The first-order valence-electron chi connectivity index (χ1n) is 7.20. The van der Waals surface area contributed by atoms with Gasteiger partial charge in [-0.15, -0.1) is 0 Å². The van der Waals surface area contributed by atoms with Gasteiger partial charge in [0.15, 0.2) is 0 Å². The molecule has 2 aliphatic carbocycles. The largest absolute Gasteiger partial charge is 0.349 e. The molecule has 2 bridgehead atoms. The van der Waals surface area contributed by atoms with Crippen LogP contribution in [-0.4, -0.2) is 11.9 Å². The third-order valence-electron chi connectivity index (χ3n) is 4.91. The fraction of sp³-hybridized carbons (Fsp3) is 0.562. The summed E-state index contributed by atoms with van der Waals surface area (Å²) in [5.74, 6) is 2.50. The molecular weight excluding hydrogens is 302 g/mol. The van der Waals surface area contributed by atoms with Crippen LogP contribution >= 0.6 is 15.9 Å². The number of halogens is 1.